The first kappa shape index (κ1) is 11.6. The van der Waals surface area contributed by atoms with Crippen LogP contribution < -0.4 is 0 Å². The van der Waals surface area contributed by atoms with Crippen LogP contribution in [0.15, 0.2) is 18.2 Å². The Kier molecular flexibility index (Phi) is 5.77. The molecule has 0 aliphatic heterocycles. The van der Waals surface area contributed by atoms with Gasteiger partial charge in [-0.3, -0.25) is 0 Å². The Morgan fingerprint density at radius 1 is 1.14 bits per heavy atom. The minimum Gasteiger partial charge on any atom is -0.0654 e. The number of hydrogen-bond donors (Lipinski definition) is 0. The Morgan fingerprint density at radius 2 is 1.79 bits per heavy atom. The van der Waals surface area contributed by atoms with E-state index in [1.54, 1.807) is 0 Å². The number of allylic oxidation sites excluding steroid dienone is 4. The zero-order chi connectivity index (χ0) is 10.2. The lowest BCUT2D eigenvalue weighted by molar-refractivity contribution is 0.849. The van der Waals surface area contributed by atoms with Crippen LogP contribution in [-0.2, 0) is 0 Å². The van der Waals surface area contributed by atoms with E-state index in [9.17, 15) is 0 Å². The summed E-state index contributed by atoms with van der Waals surface area (Å²) in [7, 11) is -0.260. The van der Waals surface area contributed by atoms with Gasteiger partial charge in [0.15, 0.2) is 0 Å². The highest BCUT2D eigenvalue weighted by Gasteiger charge is 2.05. The first-order valence-electron chi connectivity index (χ1n) is 5.87. The fourth-order valence-electron chi connectivity index (χ4n) is 1.72. The van der Waals surface area contributed by atoms with E-state index in [2.05, 4.69) is 38.2 Å². The maximum absolute atomic E-state index is 3.40. The van der Waals surface area contributed by atoms with Gasteiger partial charge in [-0.15, -0.1) is 0 Å². The molecule has 0 aromatic carbocycles. The number of rotatable bonds is 6. The lowest BCUT2D eigenvalue weighted by Gasteiger charge is -2.06. The predicted molar refractivity (Wildman–Crippen MR) is 67.1 cm³/mol. The standard InChI is InChI=1S/C13H21Si/c1-3-5-11-14(12-6-4-2)13-9-7-8-10-13/h7-9H,3-6,11-12H2,1-2H3. The molecule has 1 radical (unpaired) electrons. The van der Waals surface area contributed by atoms with Crippen LogP contribution in [0, 0.1) is 6.08 Å². The Morgan fingerprint density at radius 3 is 2.21 bits per heavy atom. The molecule has 0 saturated heterocycles. The SMILES string of the molecule is CCCC[Si](CCCC)=C1[C]=CC=C1. The van der Waals surface area contributed by atoms with Gasteiger partial charge < -0.3 is 0 Å². The van der Waals surface area contributed by atoms with Gasteiger partial charge in [0.2, 0.25) is 0 Å². The molecule has 14 heavy (non-hydrogen) atoms. The van der Waals surface area contributed by atoms with Gasteiger partial charge in [0.25, 0.3) is 0 Å². The van der Waals surface area contributed by atoms with Gasteiger partial charge in [-0.05, 0) is 23.3 Å². The van der Waals surface area contributed by atoms with Gasteiger partial charge >= 0.3 is 0 Å². The number of unbranched alkanes of at least 4 members (excludes halogenated alkanes) is 2. The quantitative estimate of drug-likeness (QED) is 0.579. The summed E-state index contributed by atoms with van der Waals surface area (Å²) in [6, 6.07) is 2.89. The van der Waals surface area contributed by atoms with E-state index < -0.39 is 0 Å². The lowest BCUT2D eigenvalue weighted by Crippen LogP contribution is -2.11. The van der Waals surface area contributed by atoms with Crippen LogP contribution in [0.2, 0.25) is 12.1 Å². The Labute approximate surface area is 90.0 Å². The largest absolute Gasteiger partial charge is 0.0654 e. The molecule has 0 bridgehead atoms. The molecule has 0 amide bonds. The van der Waals surface area contributed by atoms with Crippen molar-refractivity contribution in [1.29, 1.82) is 0 Å². The van der Waals surface area contributed by atoms with Crippen LogP contribution in [-0.4, -0.2) is 13.6 Å². The third-order valence-corrected chi connectivity index (χ3v) is 5.63. The van der Waals surface area contributed by atoms with Crippen molar-refractivity contribution >= 4 is 13.6 Å². The average Bonchev–Trinajstić information content (AvgIpc) is 2.71. The zero-order valence-corrected chi connectivity index (χ0v) is 10.5. The molecule has 1 aliphatic rings. The van der Waals surface area contributed by atoms with E-state index in [1.165, 1.54) is 42.9 Å². The molecule has 0 aromatic rings. The van der Waals surface area contributed by atoms with Crippen molar-refractivity contribution in [2.24, 2.45) is 0 Å². The summed E-state index contributed by atoms with van der Waals surface area (Å²) in [5.74, 6) is 0. The molecule has 77 valence electrons. The van der Waals surface area contributed by atoms with Gasteiger partial charge in [0.1, 0.15) is 0 Å². The van der Waals surface area contributed by atoms with Crippen LogP contribution in [0.3, 0.4) is 0 Å². The second-order valence-corrected chi connectivity index (χ2v) is 6.64. The van der Waals surface area contributed by atoms with E-state index in [-0.39, 0.29) is 8.41 Å². The van der Waals surface area contributed by atoms with Crippen molar-refractivity contribution in [2.75, 3.05) is 0 Å². The third kappa shape index (κ3) is 3.75. The first-order chi connectivity index (χ1) is 6.88. The van der Waals surface area contributed by atoms with Crippen molar-refractivity contribution in [3.8, 4) is 0 Å². The van der Waals surface area contributed by atoms with E-state index in [1.807, 2.05) is 0 Å². The smallest absolute Gasteiger partial charge is 0.0201 e. The molecule has 1 heteroatoms. The summed E-state index contributed by atoms with van der Waals surface area (Å²) in [5.41, 5.74) is 0. The minimum atomic E-state index is -0.260. The summed E-state index contributed by atoms with van der Waals surface area (Å²) in [5, 5.41) is 1.54. The second-order valence-electron chi connectivity index (χ2n) is 3.89. The highest BCUT2D eigenvalue weighted by atomic mass is 28.2. The fourth-order valence-corrected chi connectivity index (χ4v) is 4.69. The Balaban J connectivity index is 2.56. The molecule has 0 nitrogen and oxygen atoms in total. The second kappa shape index (κ2) is 6.94. The van der Waals surface area contributed by atoms with Crippen LogP contribution in [0.4, 0.5) is 0 Å². The summed E-state index contributed by atoms with van der Waals surface area (Å²) in [6.45, 7) is 4.57. The molecule has 0 aromatic heterocycles. The van der Waals surface area contributed by atoms with Crippen LogP contribution in [0.1, 0.15) is 39.5 Å². The van der Waals surface area contributed by atoms with Crippen molar-refractivity contribution in [3.63, 3.8) is 0 Å². The zero-order valence-electron chi connectivity index (χ0n) is 9.47. The highest BCUT2D eigenvalue weighted by Crippen LogP contribution is 2.08. The molecule has 0 atom stereocenters. The van der Waals surface area contributed by atoms with Crippen molar-refractivity contribution < 1.29 is 0 Å². The molecule has 1 aliphatic carbocycles. The molecule has 0 unspecified atom stereocenters. The molecular formula is C13H21Si. The predicted octanol–water partition coefficient (Wildman–Crippen LogP) is 3.76. The monoisotopic (exact) mass is 205 g/mol. The molecule has 0 fully saturated rings. The van der Waals surface area contributed by atoms with Crippen molar-refractivity contribution in [2.45, 2.75) is 51.6 Å². The van der Waals surface area contributed by atoms with E-state index in [4.69, 9.17) is 0 Å². The van der Waals surface area contributed by atoms with Crippen LogP contribution >= 0.6 is 0 Å². The maximum atomic E-state index is 3.40. The summed E-state index contributed by atoms with van der Waals surface area (Å²) >= 11 is 0. The molecule has 1 rings (SSSR count). The number of hydrogen-bond acceptors (Lipinski definition) is 0. The van der Waals surface area contributed by atoms with Gasteiger partial charge in [-0.1, -0.05) is 57.8 Å². The molecular weight excluding hydrogens is 184 g/mol. The fraction of sp³-hybridized carbons (Fsp3) is 0.615. The lowest BCUT2D eigenvalue weighted by atomic mass is 10.4. The normalized spacial score (nSPS) is 14.0. The van der Waals surface area contributed by atoms with E-state index >= 15 is 0 Å². The van der Waals surface area contributed by atoms with E-state index in [0.29, 0.717) is 0 Å². The summed E-state index contributed by atoms with van der Waals surface area (Å²) in [4.78, 5) is 0. The summed E-state index contributed by atoms with van der Waals surface area (Å²) in [6.07, 6.45) is 15.4. The Hall–Kier alpha value is -0.433. The molecule has 0 heterocycles. The summed E-state index contributed by atoms with van der Waals surface area (Å²) < 4.78 is 0. The first-order valence-corrected chi connectivity index (χ1v) is 7.78. The molecule has 0 N–H and O–H groups in total. The van der Waals surface area contributed by atoms with Crippen LogP contribution in [0.25, 0.3) is 0 Å². The van der Waals surface area contributed by atoms with Crippen LogP contribution in [0.5, 0.6) is 0 Å². The van der Waals surface area contributed by atoms with Crippen molar-refractivity contribution in [3.05, 3.63) is 24.3 Å². The minimum absolute atomic E-state index is 0.260. The molecule has 0 saturated carbocycles. The maximum Gasteiger partial charge on any atom is 0.0201 e. The van der Waals surface area contributed by atoms with Gasteiger partial charge in [0, 0.05) is 8.41 Å². The topological polar surface area (TPSA) is 0 Å². The average molecular weight is 205 g/mol. The highest BCUT2D eigenvalue weighted by molar-refractivity contribution is 6.74. The van der Waals surface area contributed by atoms with Gasteiger partial charge in [-0.2, -0.15) is 0 Å². The van der Waals surface area contributed by atoms with Crippen molar-refractivity contribution in [1.82, 2.24) is 0 Å². The van der Waals surface area contributed by atoms with Gasteiger partial charge in [0.05, 0.1) is 0 Å². The Bertz CT molecular complexity index is 222. The molecule has 0 spiro atoms. The third-order valence-electron chi connectivity index (χ3n) is 2.64. The van der Waals surface area contributed by atoms with E-state index in [0.717, 1.165) is 0 Å². The van der Waals surface area contributed by atoms with Gasteiger partial charge in [-0.25, -0.2) is 0 Å².